The number of methoxy groups -OCH3 is 1. The average molecular weight is 451 g/mol. The van der Waals surface area contributed by atoms with Crippen LogP contribution in [-0.4, -0.2) is 44.3 Å². The van der Waals surface area contributed by atoms with E-state index in [1.807, 2.05) is 24.4 Å². The van der Waals surface area contributed by atoms with Gasteiger partial charge in [-0.2, -0.15) is 0 Å². The SMILES string of the molecule is CN=C(NCCc1c[nH]c2ccc(Cl)cc12)NC(C)COC.I. The molecule has 0 amide bonds. The van der Waals surface area contributed by atoms with E-state index in [-0.39, 0.29) is 30.0 Å². The molecule has 3 N–H and O–H groups in total. The molecule has 1 aromatic carbocycles. The first kappa shape index (κ1) is 20.1. The van der Waals surface area contributed by atoms with Crippen LogP contribution in [0, 0.1) is 0 Å². The summed E-state index contributed by atoms with van der Waals surface area (Å²) in [7, 11) is 3.46. The van der Waals surface area contributed by atoms with Crippen molar-refractivity contribution in [2.24, 2.45) is 4.99 Å². The highest BCUT2D eigenvalue weighted by Gasteiger charge is 2.06. The molecule has 7 heteroatoms. The second-order valence-electron chi connectivity index (χ2n) is 5.25. The molecule has 0 aliphatic heterocycles. The lowest BCUT2D eigenvalue weighted by Crippen LogP contribution is -2.44. The van der Waals surface area contributed by atoms with Gasteiger partial charge in [0.15, 0.2) is 5.96 Å². The molecule has 0 spiro atoms. The van der Waals surface area contributed by atoms with Crippen LogP contribution in [0.3, 0.4) is 0 Å². The number of nitrogens with one attached hydrogen (secondary N) is 3. The van der Waals surface area contributed by atoms with E-state index in [0.717, 1.165) is 29.5 Å². The van der Waals surface area contributed by atoms with Crippen molar-refractivity contribution in [3.8, 4) is 0 Å². The van der Waals surface area contributed by atoms with Gasteiger partial charge in [0.05, 0.1) is 6.61 Å². The van der Waals surface area contributed by atoms with Gasteiger partial charge >= 0.3 is 0 Å². The Balaban J connectivity index is 0.00000264. The van der Waals surface area contributed by atoms with E-state index in [4.69, 9.17) is 16.3 Å². The molecule has 0 saturated heterocycles. The van der Waals surface area contributed by atoms with Crippen molar-refractivity contribution >= 4 is 52.4 Å². The van der Waals surface area contributed by atoms with Crippen LogP contribution in [0.1, 0.15) is 12.5 Å². The lowest BCUT2D eigenvalue weighted by molar-refractivity contribution is 0.179. The minimum atomic E-state index is 0. The lowest BCUT2D eigenvalue weighted by atomic mass is 10.1. The second-order valence-corrected chi connectivity index (χ2v) is 5.69. The van der Waals surface area contributed by atoms with Crippen LogP contribution in [0.15, 0.2) is 29.4 Å². The van der Waals surface area contributed by atoms with E-state index in [2.05, 4.69) is 27.5 Å². The number of hydrogen-bond acceptors (Lipinski definition) is 2. The van der Waals surface area contributed by atoms with Gasteiger partial charge in [-0.3, -0.25) is 4.99 Å². The number of aliphatic imine (C=N–C) groups is 1. The first-order valence-corrected chi connectivity index (χ1v) is 7.73. The number of guanidine groups is 1. The third-order valence-corrected chi connectivity index (χ3v) is 3.67. The molecule has 1 atom stereocenters. The Morgan fingerprint density at radius 2 is 2.22 bits per heavy atom. The van der Waals surface area contributed by atoms with Crippen molar-refractivity contribution in [1.82, 2.24) is 15.6 Å². The highest BCUT2D eigenvalue weighted by Crippen LogP contribution is 2.22. The zero-order valence-corrected chi connectivity index (χ0v) is 16.7. The minimum Gasteiger partial charge on any atom is -0.383 e. The maximum Gasteiger partial charge on any atom is 0.191 e. The molecule has 0 saturated carbocycles. The molecule has 0 bridgehead atoms. The molecule has 1 unspecified atom stereocenters. The topological polar surface area (TPSA) is 61.4 Å². The van der Waals surface area contributed by atoms with Crippen molar-refractivity contribution in [3.05, 3.63) is 35.0 Å². The summed E-state index contributed by atoms with van der Waals surface area (Å²) in [6.45, 7) is 3.48. The first-order valence-electron chi connectivity index (χ1n) is 7.35. The molecule has 0 aliphatic carbocycles. The molecule has 23 heavy (non-hydrogen) atoms. The molecule has 0 aliphatic rings. The monoisotopic (exact) mass is 450 g/mol. The van der Waals surface area contributed by atoms with Crippen LogP contribution in [0.25, 0.3) is 10.9 Å². The summed E-state index contributed by atoms with van der Waals surface area (Å²) < 4.78 is 5.11. The molecule has 2 rings (SSSR count). The Hall–Kier alpha value is -0.990. The quantitative estimate of drug-likeness (QED) is 0.360. The molecule has 2 aromatic rings. The fourth-order valence-corrected chi connectivity index (χ4v) is 2.56. The van der Waals surface area contributed by atoms with E-state index in [0.29, 0.717) is 6.61 Å². The highest BCUT2D eigenvalue weighted by molar-refractivity contribution is 14.0. The van der Waals surface area contributed by atoms with E-state index in [1.54, 1.807) is 14.2 Å². The summed E-state index contributed by atoms with van der Waals surface area (Å²) in [6, 6.07) is 6.10. The zero-order valence-electron chi connectivity index (χ0n) is 13.6. The molecular weight excluding hydrogens is 427 g/mol. The van der Waals surface area contributed by atoms with Gasteiger partial charge in [-0.1, -0.05) is 11.6 Å². The fourth-order valence-electron chi connectivity index (χ4n) is 2.39. The van der Waals surface area contributed by atoms with Gasteiger partial charge in [0.25, 0.3) is 0 Å². The third kappa shape index (κ3) is 5.86. The largest absolute Gasteiger partial charge is 0.383 e. The van der Waals surface area contributed by atoms with Crippen molar-refractivity contribution in [3.63, 3.8) is 0 Å². The smallest absolute Gasteiger partial charge is 0.191 e. The summed E-state index contributed by atoms with van der Waals surface area (Å²) >= 11 is 6.07. The van der Waals surface area contributed by atoms with E-state index >= 15 is 0 Å². The number of ether oxygens (including phenoxy) is 1. The predicted molar refractivity (Wildman–Crippen MR) is 108 cm³/mol. The second kappa shape index (κ2) is 10.00. The molecule has 0 radical (unpaired) electrons. The number of hydrogen-bond donors (Lipinski definition) is 3. The Bertz CT molecular complexity index is 644. The predicted octanol–water partition coefficient (Wildman–Crippen LogP) is 3.18. The lowest BCUT2D eigenvalue weighted by Gasteiger charge is -2.17. The number of aromatic amines is 1. The number of halogens is 2. The zero-order chi connectivity index (χ0) is 15.9. The maximum absolute atomic E-state index is 6.07. The van der Waals surface area contributed by atoms with Gasteiger partial charge in [0.1, 0.15) is 0 Å². The van der Waals surface area contributed by atoms with E-state index in [1.165, 1.54) is 10.9 Å². The average Bonchev–Trinajstić information content (AvgIpc) is 2.89. The number of nitrogens with zero attached hydrogens (tertiary/aromatic N) is 1. The first-order chi connectivity index (χ1) is 10.6. The van der Waals surface area contributed by atoms with E-state index in [9.17, 15) is 0 Å². The molecule has 0 fully saturated rings. The van der Waals surface area contributed by atoms with Crippen LogP contribution in [-0.2, 0) is 11.2 Å². The Morgan fingerprint density at radius 3 is 2.91 bits per heavy atom. The molecule has 5 nitrogen and oxygen atoms in total. The fraction of sp³-hybridized carbons (Fsp3) is 0.438. The van der Waals surface area contributed by atoms with E-state index < -0.39 is 0 Å². The number of rotatable bonds is 6. The minimum absolute atomic E-state index is 0. The van der Waals surface area contributed by atoms with Crippen LogP contribution in [0.4, 0.5) is 0 Å². The van der Waals surface area contributed by atoms with Crippen molar-refractivity contribution < 1.29 is 4.74 Å². The van der Waals surface area contributed by atoms with Gasteiger partial charge in [0, 0.05) is 48.9 Å². The van der Waals surface area contributed by atoms with Crippen LogP contribution >= 0.6 is 35.6 Å². The summed E-state index contributed by atoms with van der Waals surface area (Å²) in [5.74, 6) is 0.780. The summed E-state index contributed by atoms with van der Waals surface area (Å²) in [5, 5.41) is 8.52. The molecule has 1 aromatic heterocycles. The van der Waals surface area contributed by atoms with Gasteiger partial charge in [-0.25, -0.2) is 0 Å². The van der Waals surface area contributed by atoms with Gasteiger partial charge < -0.3 is 20.4 Å². The number of aromatic nitrogens is 1. The standard InChI is InChI=1S/C16H23ClN4O.HI/c1-11(10-22-3)21-16(18-2)19-7-6-12-9-20-15-5-4-13(17)8-14(12)15;/h4-5,8-9,11,20H,6-7,10H2,1-3H3,(H2,18,19,21);1H. The van der Waals surface area contributed by atoms with Crippen LogP contribution < -0.4 is 10.6 Å². The highest BCUT2D eigenvalue weighted by atomic mass is 127. The molecule has 128 valence electrons. The summed E-state index contributed by atoms with van der Waals surface area (Å²) in [6.07, 6.45) is 2.92. The maximum atomic E-state index is 6.07. The Morgan fingerprint density at radius 1 is 1.43 bits per heavy atom. The molecule has 1 heterocycles. The summed E-state index contributed by atoms with van der Waals surface area (Å²) in [4.78, 5) is 7.48. The number of H-pyrrole nitrogens is 1. The van der Waals surface area contributed by atoms with Crippen molar-refractivity contribution in [2.75, 3.05) is 27.3 Å². The van der Waals surface area contributed by atoms with Gasteiger partial charge in [0.2, 0.25) is 0 Å². The van der Waals surface area contributed by atoms with Gasteiger partial charge in [-0.15, -0.1) is 24.0 Å². The molecular formula is C16H24ClIN4O. The number of fused-ring (bicyclic) bond motifs is 1. The third-order valence-electron chi connectivity index (χ3n) is 3.44. The van der Waals surface area contributed by atoms with Crippen LogP contribution in [0.5, 0.6) is 0 Å². The Labute approximate surface area is 159 Å². The van der Waals surface area contributed by atoms with Crippen LogP contribution in [0.2, 0.25) is 5.02 Å². The normalized spacial score (nSPS) is 12.8. The van der Waals surface area contributed by atoms with Gasteiger partial charge in [-0.05, 0) is 37.1 Å². The summed E-state index contributed by atoms with van der Waals surface area (Å²) in [5.41, 5.74) is 2.35. The van der Waals surface area contributed by atoms with Crippen molar-refractivity contribution in [1.29, 1.82) is 0 Å². The van der Waals surface area contributed by atoms with Crippen molar-refractivity contribution in [2.45, 2.75) is 19.4 Å². The Kier molecular flexibility index (Phi) is 8.72. The number of benzene rings is 1.